The molecule has 0 aliphatic carbocycles. The van der Waals surface area contributed by atoms with Crippen LogP contribution in [0.15, 0.2) is 18.2 Å². The van der Waals surface area contributed by atoms with Crippen molar-refractivity contribution in [2.45, 2.75) is 32.3 Å². The van der Waals surface area contributed by atoms with Crippen LogP contribution in [0.2, 0.25) is 0 Å². The van der Waals surface area contributed by atoms with E-state index in [1.807, 2.05) is 4.90 Å². The van der Waals surface area contributed by atoms with Crippen LogP contribution < -0.4 is 9.47 Å². The minimum atomic E-state index is -3.39. The largest absolute Gasteiger partial charge is 0.493 e. The molecule has 9 nitrogen and oxygen atoms in total. The van der Waals surface area contributed by atoms with Crippen molar-refractivity contribution in [1.29, 1.82) is 0 Å². The fourth-order valence-corrected chi connectivity index (χ4v) is 5.62. The Labute approximate surface area is 184 Å². The number of aliphatic hydroxyl groups excluding tert-OH is 1. The molecule has 0 aromatic heterocycles. The van der Waals surface area contributed by atoms with Gasteiger partial charge in [-0.05, 0) is 38.0 Å². The van der Waals surface area contributed by atoms with Crippen molar-refractivity contribution >= 4 is 16.0 Å². The Morgan fingerprint density at radius 1 is 1.03 bits per heavy atom. The fraction of sp³-hybridized carbons (Fsp3) is 0.667. The number of methoxy groups -OCH3 is 1. The fourth-order valence-electron chi connectivity index (χ4n) is 3.94. The number of ether oxygens (including phenoxy) is 2. The predicted molar refractivity (Wildman–Crippen MR) is 117 cm³/mol. The average molecular weight is 456 g/mol. The average Bonchev–Trinajstić information content (AvgIpc) is 2.78. The third-order valence-corrected chi connectivity index (χ3v) is 7.80. The zero-order chi connectivity index (χ0) is 22.4. The van der Waals surface area contributed by atoms with Crippen molar-refractivity contribution in [3.63, 3.8) is 0 Å². The van der Waals surface area contributed by atoms with E-state index in [4.69, 9.17) is 9.47 Å². The van der Waals surface area contributed by atoms with Gasteiger partial charge in [0.2, 0.25) is 0 Å². The summed E-state index contributed by atoms with van der Waals surface area (Å²) in [6, 6.07) is 4.94. The highest BCUT2D eigenvalue weighted by Crippen LogP contribution is 2.28. The molecule has 1 aromatic rings. The molecule has 0 amide bonds. The molecule has 0 bridgehead atoms. The van der Waals surface area contributed by atoms with Gasteiger partial charge in [0.05, 0.1) is 7.11 Å². The highest BCUT2D eigenvalue weighted by atomic mass is 32.2. The third-order valence-electron chi connectivity index (χ3n) is 5.77. The smallest absolute Gasteiger partial charge is 0.282 e. The molecule has 2 saturated heterocycles. The zero-order valence-electron chi connectivity index (χ0n) is 18.3. The summed E-state index contributed by atoms with van der Waals surface area (Å²) >= 11 is 0. The Kier molecular flexibility index (Phi) is 8.29. The maximum Gasteiger partial charge on any atom is 0.282 e. The Bertz CT molecular complexity index is 849. The number of carbonyl (C=O) groups is 1. The van der Waals surface area contributed by atoms with Gasteiger partial charge in [0, 0.05) is 51.4 Å². The van der Waals surface area contributed by atoms with Crippen LogP contribution in [0, 0.1) is 0 Å². The van der Waals surface area contributed by atoms with Gasteiger partial charge in [-0.25, -0.2) is 0 Å². The van der Waals surface area contributed by atoms with E-state index < -0.39 is 16.3 Å². The highest BCUT2D eigenvalue weighted by molar-refractivity contribution is 7.86. The Hall–Kier alpha value is -1.72. The standard InChI is InChI=1S/C21H33N3O6S/c1-17(25)18-6-7-20(21(14-18)29-2)30-16-19(26)15-22-10-12-24(13-11-22)31(27,28)23-8-4-3-5-9-23/h6-7,14,19,26H,3-5,8-13,15-16H2,1-2H3/t19-/m0/s1. The number of hydrogen-bond donors (Lipinski definition) is 1. The van der Waals surface area contributed by atoms with Crippen LogP contribution in [-0.4, -0.2) is 98.5 Å². The first-order valence-electron chi connectivity index (χ1n) is 10.8. The first kappa shape index (κ1) is 23.9. The van der Waals surface area contributed by atoms with Crippen LogP contribution >= 0.6 is 0 Å². The van der Waals surface area contributed by atoms with Gasteiger partial charge in [0.15, 0.2) is 17.3 Å². The maximum absolute atomic E-state index is 12.8. The molecule has 31 heavy (non-hydrogen) atoms. The Balaban J connectivity index is 1.46. The number of aliphatic hydroxyl groups is 1. The topological polar surface area (TPSA) is 99.6 Å². The molecule has 0 saturated carbocycles. The molecule has 2 heterocycles. The lowest BCUT2D eigenvalue weighted by atomic mass is 10.1. The molecule has 0 radical (unpaired) electrons. The summed E-state index contributed by atoms with van der Waals surface area (Å²) in [5.74, 6) is 0.840. The first-order chi connectivity index (χ1) is 14.8. The lowest BCUT2D eigenvalue weighted by molar-refractivity contribution is 0.0553. The quantitative estimate of drug-likeness (QED) is 0.554. The summed E-state index contributed by atoms with van der Waals surface area (Å²) < 4.78 is 39.7. The van der Waals surface area contributed by atoms with Crippen LogP contribution in [0.5, 0.6) is 11.5 Å². The van der Waals surface area contributed by atoms with Crippen molar-refractivity contribution in [1.82, 2.24) is 13.5 Å². The van der Waals surface area contributed by atoms with Crippen LogP contribution in [0.25, 0.3) is 0 Å². The summed E-state index contributed by atoms with van der Waals surface area (Å²) in [5, 5.41) is 10.4. The van der Waals surface area contributed by atoms with Gasteiger partial charge in [0.25, 0.3) is 10.2 Å². The van der Waals surface area contributed by atoms with Gasteiger partial charge in [-0.15, -0.1) is 0 Å². The summed E-state index contributed by atoms with van der Waals surface area (Å²) in [5.41, 5.74) is 0.530. The maximum atomic E-state index is 12.8. The molecular formula is C21H33N3O6S. The van der Waals surface area contributed by atoms with E-state index in [2.05, 4.69) is 0 Å². The van der Waals surface area contributed by atoms with Gasteiger partial charge in [-0.3, -0.25) is 9.69 Å². The first-order valence-corrected chi connectivity index (χ1v) is 12.2. The molecule has 0 spiro atoms. The second-order valence-corrected chi connectivity index (χ2v) is 9.98. The number of nitrogens with zero attached hydrogens (tertiary/aromatic N) is 3. The molecule has 2 aliphatic rings. The third kappa shape index (κ3) is 6.17. The molecule has 1 N–H and O–H groups in total. The Morgan fingerprint density at radius 3 is 2.29 bits per heavy atom. The van der Waals surface area contributed by atoms with E-state index >= 15 is 0 Å². The monoisotopic (exact) mass is 455 g/mol. The van der Waals surface area contributed by atoms with Crippen molar-refractivity contribution in [2.24, 2.45) is 0 Å². The number of rotatable bonds is 9. The molecule has 0 unspecified atom stereocenters. The highest BCUT2D eigenvalue weighted by Gasteiger charge is 2.33. The molecule has 1 aromatic carbocycles. The molecule has 2 aliphatic heterocycles. The summed E-state index contributed by atoms with van der Waals surface area (Å²) in [6.07, 6.45) is 2.20. The number of hydrogen-bond acceptors (Lipinski definition) is 7. The second kappa shape index (κ2) is 10.7. The number of piperazine rings is 1. The summed E-state index contributed by atoms with van der Waals surface area (Å²) in [7, 11) is -1.89. The normalized spacial score (nSPS) is 20.4. The van der Waals surface area contributed by atoms with Gasteiger partial charge in [-0.2, -0.15) is 17.0 Å². The zero-order valence-corrected chi connectivity index (χ0v) is 19.1. The summed E-state index contributed by atoms with van der Waals surface area (Å²) in [6.45, 7) is 5.15. The number of carbonyl (C=O) groups excluding carboxylic acids is 1. The van der Waals surface area contributed by atoms with E-state index in [-0.39, 0.29) is 12.4 Å². The van der Waals surface area contributed by atoms with E-state index in [1.165, 1.54) is 14.0 Å². The van der Waals surface area contributed by atoms with Gasteiger partial charge < -0.3 is 14.6 Å². The van der Waals surface area contributed by atoms with E-state index in [1.54, 1.807) is 26.8 Å². The number of piperidine rings is 1. The number of β-amino-alcohol motifs (C(OH)–C–C–N with tert-alkyl or cyclic N) is 1. The van der Waals surface area contributed by atoms with Gasteiger partial charge in [-0.1, -0.05) is 6.42 Å². The molecule has 2 fully saturated rings. The van der Waals surface area contributed by atoms with Gasteiger partial charge in [0.1, 0.15) is 12.7 Å². The predicted octanol–water partition coefficient (Wildman–Crippen LogP) is 0.986. The van der Waals surface area contributed by atoms with Crippen LogP contribution in [-0.2, 0) is 10.2 Å². The molecular weight excluding hydrogens is 422 g/mol. The second-order valence-electron chi connectivity index (χ2n) is 8.05. The van der Waals surface area contributed by atoms with Crippen molar-refractivity contribution in [2.75, 3.05) is 59.5 Å². The van der Waals surface area contributed by atoms with Crippen LogP contribution in [0.3, 0.4) is 0 Å². The SMILES string of the molecule is COc1cc(C(C)=O)ccc1OC[C@@H](O)CN1CCN(S(=O)(=O)N2CCCCC2)CC1. The minimum absolute atomic E-state index is 0.0636. The molecule has 3 rings (SSSR count). The lowest BCUT2D eigenvalue weighted by Crippen LogP contribution is -2.54. The molecule has 174 valence electrons. The van der Waals surface area contributed by atoms with E-state index in [9.17, 15) is 18.3 Å². The van der Waals surface area contributed by atoms with Crippen LogP contribution in [0.4, 0.5) is 0 Å². The van der Waals surface area contributed by atoms with Gasteiger partial charge >= 0.3 is 0 Å². The van der Waals surface area contributed by atoms with E-state index in [0.717, 1.165) is 19.3 Å². The van der Waals surface area contributed by atoms with Crippen LogP contribution in [0.1, 0.15) is 36.5 Å². The summed E-state index contributed by atoms with van der Waals surface area (Å²) in [4.78, 5) is 13.5. The minimum Gasteiger partial charge on any atom is -0.493 e. The Morgan fingerprint density at radius 2 is 1.68 bits per heavy atom. The van der Waals surface area contributed by atoms with Crippen molar-refractivity contribution in [3.8, 4) is 11.5 Å². The number of Topliss-reactive ketones (excluding diaryl/α,β-unsaturated/α-hetero) is 1. The van der Waals surface area contributed by atoms with Crippen molar-refractivity contribution < 1.29 is 27.8 Å². The van der Waals surface area contributed by atoms with E-state index in [0.29, 0.717) is 62.9 Å². The molecule has 1 atom stereocenters. The van der Waals surface area contributed by atoms with Crippen molar-refractivity contribution in [3.05, 3.63) is 23.8 Å². The number of ketones is 1. The molecule has 10 heteroatoms. The lowest BCUT2D eigenvalue weighted by Gasteiger charge is -2.38. The number of benzene rings is 1.